The molecular formula is C16H23N3O+2. The molecule has 106 valence electrons. The molecular weight excluding hydrogens is 250 g/mol. The van der Waals surface area contributed by atoms with Crippen LogP contribution in [0, 0.1) is 0 Å². The molecule has 1 aliphatic heterocycles. The van der Waals surface area contributed by atoms with Crippen molar-refractivity contribution >= 4 is 16.7 Å². The number of ketones is 1. The maximum atomic E-state index is 12.5. The van der Waals surface area contributed by atoms with Gasteiger partial charge in [-0.3, -0.25) is 4.79 Å². The van der Waals surface area contributed by atoms with Crippen molar-refractivity contribution in [3.8, 4) is 0 Å². The third-order valence-electron chi connectivity index (χ3n) is 4.46. The topological polar surface area (TPSA) is 41.7 Å². The Morgan fingerprint density at radius 3 is 2.60 bits per heavy atom. The van der Waals surface area contributed by atoms with E-state index in [2.05, 4.69) is 11.9 Å². The SMILES string of the molecule is CC[NH+]1CC[NH+](CC(=O)c2c[nH]c3ccccc23)CC1. The maximum Gasteiger partial charge on any atom is 0.219 e. The van der Waals surface area contributed by atoms with Crippen LogP contribution >= 0.6 is 0 Å². The van der Waals surface area contributed by atoms with Gasteiger partial charge in [0, 0.05) is 22.7 Å². The quantitative estimate of drug-likeness (QED) is 0.625. The summed E-state index contributed by atoms with van der Waals surface area (Å²) in [5.74, 6) is 0.261. The fourth-order valence-corrected chi connectivity index (χ4v) is 3.11. The predicted molar refractivity (Wildman–Crippen MR) is 79.4 cm³/mol. The molecule has 1 saturated heterocycles. The summed E-state index contributed by atoms with van der Waals surface area (Å²) in [6.45, 7) is 8.65. The Hall–Kier alpha value is -1.65. The standard InChI is InChI=1S/C16H21N3O/c1-2-18-7-9-19(10-8-18)12-16(20)14-11-17-15-6-4-3-5-13(14)15/h3-6,11,17H,2,7-10,12H2,1H3/p+2. The number of rotatable bonds is 4. The smallest absolute Gasteiger partial charge is 0.219 e. The van der Waals surface area contributed by atoms with Crippen LogP contribution in [0.2, 0.25) is 0 Å². The van der Waals surface area contributed by atoms with E-state index in [9.17, 15) is 4.79 Å². The summed E-state index contributed by atoms with van der Waals surface area (Å²) in [7, 11) is 0. The second-order valence-corrected chi connectivity index (χ2v) is 5.70. The van der Waals surface area contributed by atoms with E-state index in [-0.39, 0.29) is 5.78 Å². The molecule has 1 aliphatic rings. The first-order valence-corrected chi connectivity index (χ1v) is 7.54. The van der Waals surface area contributed by atoms with Crippen molar-refractivity contribution in [2.45, 2.75) is 6.92 Å². The van der Waals surface area contributed by atoms with Crippen LogP contribution in [-0.2, 0) is 0 Å². The number of para-hydroxylation sites is 1. The number of hydrogen-bond acceptors (Lipinski definition) is 1. The molecule has 3 N–H and O–H groups in total. The van der Waals surface area contributed by atoms with Crippen molar-refractivity contribution in [2.24, 2.45) is 0 Å². The van der Waals surface area contributed by atoms with E-state index in [0.29, 0.717) is 6.54 Å². The number of H-pyrrole nitrogens is 1. The fourth-order valence-electron chi connectivity index (χ4n) is 3.11. The molecule has 1 fully saturated rings. The van der Waals surface area contributed by atoms with Crippen molar-refractivity contribution in [2.75, 3.05) is 39.3 Å². The van der Waals surface area contributed by atoms with Gasteiger partial charge in [0.15, 0.2) is 0 Å². The summed E-state index contributed by atoms with van der Waals surface area (Å²) < 4.78 is 0. The van der Waals surface area contributed by atoms with Gasteiger partial charge in [0.2, 0.25) is 5.78 Å². The first kappa shape index (κ1) is 13.3. The van der Waals surface area contributed by atoms with Gasteiger partial charge >= 0.3 is 0 Å². The zero-order valence-corrected chi connectivity index (χ0v) is 12.0. The number of carbonyl (C=O) groups excluding carboxylic acids is 1. The first-order chi connectivity index (χ1) is 9.78. The van der Waals surface area contributed by atoms with Crippen molar-refractivity contribution < 1.29 is 14.6 Å². The molecule has 2 heterocycles. The molecule has 0 atom stereocenters. The van der Waals surface area contributed by atoms with Crippen molar-refractivity contribution in [3.63, 3.8) is 0 Å². The molecule has 0 aliphatic carbocycles. The fraction of sp³-hybridized carbons (Fsp3) is 0.438. The highest BCUT2D eigenvalue weighted by molar-refractivity contribution is 6.08. The molecule has 0 unspecified atom stereocenters. The maximum absolute atomic E-state index is 12.5. The Kier molecular flexibility index (Phi) is 3.85. The number of benzene rings is 1. The average Bonchev–Trinajstić information content (AvgIpc) is 2.92. The van der Waals surface area contributed by atoms with Gasteiger partial charge < -0.3 is 14.8 Å². The third kappa shape index (κ3) is 2.62. The number of hydrogen-bond donors (Lipinski definition) is 3. The predicted octanol–water partition coefficient (Wildman–Crippen LogP) is -0.846. The lowest BCUT2D eigenvalue weighted by molar-refractivity contribution is -1.01. The second-order valence-electron chi connectivity index (χ2n) is 5.70. The van der Waals surface area contributed by atoms with Crippen molar-refractivity contribution in [3.05, 3.63) is 36.0 Å². The number of piperazine rings is 1. The van der Waals surface area contributed by atoms with E-state index in [0.717, 1.165) is 29.6 Å². The lowest BCUT2D eigenvalue weighted by atomic mass is 10.1. The van der Waals surface area contributed by atoms with Gasteiger partial charge in [0.1, 0.15) is 32.7 Å². The Morgan fingerprint density at radius 1 is 1.15 bits per heavy atom. The Balaban J connectivity index is 1.68. The largest absolute Gasteiger partial charge is 0.360 e. The zero-order chi connectivity index (χ0) is 13.9. The number of nitrogens with one attached hydrogen (secondary N) is 3. The number of Topliss-reactive ketones (excluding diaryl/α,β-unsaturated/α-hetero) is 1. The molecule has 1 aromatic carbocycles. The normalized spacial score (nSPS) is 23.1. The minimum atomic E-state index is 0.261. The molecule has 0 amide bonds. The summed E-state index contributed by atoms with van der Waals surface area (Å²) in [5, 5.41) is 1.05. The van der Waals surface area contributed by atoms with Crippen LogP contribution in [0.3, 0.4) is 0 Å². The molecule has 0 radical (unpaired) electrons. The zero-order valence-electron chi connectivity index (χ0n) is 12.0. The van der Waals surface area contributed by atoms with Crippen molar-refractivity contribution in [1.29, 1.82) is 0 Å². The van der Waals surface area contributed by atoms with Crippen molar-refractivity contribution in [1.82, 2.24) is 4.98 Å². The molecule has 1 aromatic heterocycles. The van der Waals surface area contributed by atoms with E-state index in [1.165, 1.54) is 24.5 Å². The number of aromatic amines is 1. The van der Waals surface area contributed by atoms with Gasteiger partial charge in [-0.1, -0.05) is 18.2 Å². The van der Waals surface area contributed by atoms with Gasteiger partial charge in [0.05, 0.1) is 6.54 Å². The molecule has 4 heteroatoms. The number of carbonyl (C=O) groups is 1. The van der Waals surface area contributed by atoms with Gasteiger partial charge in [-0.2, -0.15) is 0 Å². The average molecular weight is 273 g/mol. The van der Waals surface area contributed by atoms with Crippen LogP contribution in [0.4, 0.5) is 0 Å². The van der Waals surface area contributed by atoms with E-state index in [4.69, 9.17) is 0 Å². The third-order valence-corrected chi connectivity index (χ3v) is 4.46. The number of quaternary nitrogens is 2. The summed E-state index contributed by atoms with van der Waals surface area (Å²) in [4.78, 5) is 18.8. The second kappa shape index (κ2) is 5.77. The lowest BCUT2D eigenvalue weighted by Crippen LogP contribution is -3.28. The monoisotopic (exact) mass is 273 g/mol. The van der Waals surface area contributed by atoms with Crippen LogP contribution in [0.15, 0.2) is 30.5 Å². The number of aromatic nitrogens is 1. The highest BCUT2D eigenvalue weighted by Crippen LogP contribution is 2.17. The summed E-state index contributed by atoms with van der Waals surface area (Å²) in [6.07, 6.45) is 1.86. The van der Waals surface area contributed by atoms with E-state index in [1.54, 1.807) is 4.90 Å². The van der Waals surface area contributed by atoms with Crippen LogP contribution in [0.25, 0.3) is 10.9 Å². The summed E-state index contributed by atoms with van der Waals surface area (Å²) in [6, 6.07) is 8.02. The summed E-state index contributed by atoms with van der Waals surface area (Å²) in [5.41, 5.74) is 1.89. The molecule has 3 rings (SSSR count). The minimum Gasteiger partial charge on any atom is -0.360 e. The van der Waals surface area contributed by atoms with Crippen LogP contribution in [-0.4, -0.2) is 50.0 Å². The van der Waals surface area contributed by atoms with E-state index in [1.807, 2.05) is 30.5 Å². The molecule has 4 nitrogen and oxygen atoms in total. The lowest BCUT2D eigenvalue weighted by Gasteiger charge is -2.28. The van der Waals surface area contributed by atoms with Crippen LogP contribution in [0.1, 0.15) is 17.3 Å². The Bertz CT molecular complexity index is 597. The Morgan fingerprint density at radius 2 is 1.85 bits per heavy atom. The summed E-state index contributed by atoms with van der Waals surface area (Å²) >= 11 is 0. The van der Waals surface area contributed by atoms with Gasteiger partial charge in [-0.15, -0.1) is 0 Å². The Labute approximate surface area is 119 Å². The number of likely N-dealkylation sites (N-methyl/N-ethyl adjacent to an activating group) is 1. The number of fused-ring (bicyclic) bond motifs is 1. The minimum absolute atomic E-state index is 0.261. The van der Waals surface area contributed by atoms with Gasteiger partial charge in [-0.05, 0) is 13.0 Å². The first-order valence-electron chi connectivity index (χ1n) is 7.54. The highest BCUT2D eigenvalue weighted by atomic mass is 16.1. The molecule has 20 heavy (non-hydrogen) atoms. The highest BCUT2D eigenvalue weighted by Gasteiger charge is 2.25. The van der Waals surface area contributed by atoms with Gasteiger partial charge in [0.25, 0.3) is 0 Å². The molecule has 0 spiro atoms. The van der Waals surface area contributed by atoms with Crippen LogP contribution < -0.4 is 9.80 Å². The van der Waals surface area contributed by atoms with E-state index < -0.39 is 0 Å². The molecule has 0 bridgehead atoms. The van der Waals surface area contributed by atoms with E-state index >= 15 is 0 Å². The van der Waals surface area contributed by atoms with Gasteiger partial charge in [-0.25, -0.2) is 0 Å². The molecule has 2 aromatic rings. The molecule has 0 saturated carbocycles. The van der Waals surface area contributed by atoms with Crippen LogP contribution in [0.5, 0.6) is 0 Å².